The van der Waals surface area contributed by atoms with Gasteiger partial charge in [-0.15, -0.1) is 0 Å². The Labute approximate surface area is 134 Å². The number of allylic oxidation sites excluding steroid dienone is 2. The third-order valence-corrected chi connectivity index (χ3v) is 6.83. The standard InChI is InChI=1S/C19H29NO2/c1-13-6-5-7-19(2)11-17-14(10-16(13)19)15(18(21)22-17)12-20-8-3-4-9-20/h14-15,17H,3-12H2,1-2H3/t14-,15+,17-,19-/m1/s1. The summed E-state index contributed by atoms with van der Waals surface area (Å²) < 4.78 is 5.85. The van der Waals surface area contributed by atoms with Crippen LogP contribution < -0.4 is 0 Å². The van der Waals surface area contributed by atoms with Crippen molar-refractivity contribution in [1.29, 1.82) is 0 Å². The molecule has 3 heteroatoms. The first kappa shape index (κ1) is 14.7. The molecule has 4 atom stereocenters. The molecule has 4 aliphatic rings. The summed E-state index contributed by atoms with van der Waals surface area (Å²) in [5.41, 5.74) is 3.57. The lowest BCUT2D eigenvalue weighted by atomic mass is 9.59. The van der Waals surface area contributed by atoms with Crippen LogP contribution >= 0.6 is 0 Å². The smallest absolute Gasteiger partial charge is 0.310 e. The number of carbonyl (C=O) groups excluding carboxylic acids is 1. The molecule has 2 saturated heterocycles. The lowest BCUT2D eigenvalue weighted by molar-refractivity contribution is -0.145. The predicted octanol–water partition coefficient (Wildman–Crippen LogP) is 3.54. The third kappa shape index (κ3) is 2.33. The van der Waals surface area contributed by atoms with E-state index in [9.17, 15) is 4.79 Å². The maximum absolute atomic E-state index is 12.5. The molecule has 0 aromatic rings. The molecule has 122 valence electrons. The largest absolute Gasteiger partial charge is 0.462 e. The molecule has 4 rings (SSSR count). The number of fused-ring (bicyclic) bond motifs is 2. The van der Waals surface area contributed by atoms with Gasteiger partial charge in [0.1, 0.15) is 6.10 Å². The molecular weight excluding hydrogens is 274 g/mol. The van der Waals surface area contributed by atoms with Gasteiger partial charge in [0.2, 0.25) is 0 Å². The van der Waals surface area contributed by atoms with Gasteiger partial charge >= 0.3 is 5.97 Å². The number of nitrogens with zero attached hydrogens (tertiary/aromatic N) is 1. The number of ether oxygens (including phenoxy) is 1. The molecule has 1 saturated carbocycles. The summed E-state index contributed by atoms with van der Waals surface area (Å²) in [6, 6.07) is 0. The van der Waals surface area contributed by atoms with E-state index in [-0.39, 0.29) is 18.0 Å². The van der Waals surface area contributed by atoms with Crippen molar-refractivity contribution in [1.82, 2.24) is 4.90 Å². The molecule has 2 aliphatic heterocycles. The maximum Gasteiger partial charge on any atom is 0.310 e. The van der Waals surface area contributed by atoms with Gasteiger partial charge in [0.05, 0.1) is 5.92 Å². The monoisotopic (exact) mass is 303 g/mol. The Morgan fingerprint density at radius 2 is 2.05 bits per heavy atom. The quantitative estimate of drug-likeness (QED) is 0.577. The van der Waals surface area contributed by atoms with Gasteiger partial charge in [-0.3, -0.25) is 4.79 Å². The molecule has 0 bridgehead atoms. The Hall–Kier alpha value is -0.830. The summed E-state index contributed by atoms with van der Waals surface area (Å²) in [4.78, 5) is 14.9. The van der Waals surface area contributed by atoms with Crippen molar-refractivity contribution in [2.45, 2.75) is 64.9 Å². The number of rotatable bonds is 2. The highest BCUT2D eigenvalue weighted by Crippen LogP contribution is 2.55. The van der Waals surface area contributed by atoms with Crippen LogP contribution in [0.1, 0.15) is 58.8 Å². The van der Waals surface area contributed by atoms with Gasteiger partial charge in [-0.1, -0.05) is 18.1 Å². The normalized spacial score (nSPS) is 42.3. The second-order valence-corrected chi connectivity index (χ2v) is 8.33. The van der Waals surface area contributed by atoms with Crippen molar-refractivity contribution < 1.29 is 9.53 Å². The van der Waals surface area contributed by atoms with Gasteiger partial charge in [-0.05, 0) is 70.4 Å². The van der Waals surface area contributed by atoms with Crippen molar-refractivity contribution in [3.05, 3.63) is 11.1 Å². The second kappa shape index (κ2) is 5.36. The second-order valence-electron chi connectivity index (χ2n) is 8.33. The molecule has 0 aromatic heterocycles. The van der Waals surface area contributed by atoms with Crippen LogP contribution in [0.2, 0.25) is 0 Å². The molecule has 0 radical (unpaired) electrons. The Balaban J connectivity index is 1.56. The van der Waals surface area contributed by atoms with Crippen LogP contribution in [-0.4, -0.2) is 36.6 Å². The molecule has 0 amide bonds. The minimum Gasteiger partial charge on any atom is -0.462 e. The Kier molecular flexibility index (Phi) is 3.60. The van der Waals surface area contributed by atoms with Crippen LogP contribution in [0.5, 0.6) is 0 Å². The molecule has 0 aromatic carbocycles. The Morgan fingerprint density at radius 3 is 2.82 bits per heavy atom. The first-order valence-corrected chi connectivity index (χ1v) is 9.19. The first-order valence-electron chi connectivity index (χ1n) is 9.19. The van der Waals surface area contributed by atoms with Gasteiger partial charge in [-0.2, -0.15) is 0 Å². The number of likely N-dealkylation sites (tertiary alicyclic amines) is 1. The van der Waals surface area contributed by atoms with Gasteiger partial charge in [-0.25, -0.2) is 0 Å². The highest BCUT2D eigenvalue weighted by Gasteiger charge is 2.53. The minimum atomic E-state index is 0.0856. The van der Waals surface area contributed by atoms with E-state index < -0.39 is 0 Å². The van der Waals surface area contributed by atoms with E-state index in [2.05, 4.69) is 18.7 Å². The molecule has 0 unspecified atom stereocenters. The van der Waals surface area contributed by atoms with E-state index in [4.69, 9.17) is 4.74 Å². The highest BCUT2D eigenvalue weighted by molar-refractivity contribution is 5.76. The van der Waals surface area contributed by atoms with Crippen LogP contribution in [0.3, 0.4) is 0 Å². The van der Waals surface area contributed by atoms with Crippen molar-refractivity contribution in [2.75, 3.05) is 19.6 Å². The number of hydrogen-bond donors (Lipinski definition) is 0. The molecule has 3 nitrogen and oxygen atoms in total. The summed E-state index contributed by atoms with van der Waals surface area (Å²) in [6.45, 7) is 7.99. The van der Waals surface area contributed by atoms with E-state index >= 15 is 0 Å². The zero-order valence-corrected chi connectivity index (χ0v) is 14.1. The van der Waals surface area contributed by atoms with E-state index in [0.29, 0.717) is 11.3 Å². The topological polar surface area (TPSA) is 29.5 Å². The lowest BCUT2D eigenvalue weighted by Crippen LogP contribution is -2.41. The summed E-state index contributed by atoms with van der Waals surface area (Å²) >= 11 is 0. The number of carbonyl (C=O) groups is 1. The third-order valence-electron chi connectivity index (χ3n) is 6.83. The van der Waals surface area contributed by atoms with Crippen molar-refractivity contribution in [2.24, 2.45) is 17.3 Å². The molecule has 2 heterocycles. The van der Waals surface area contributed by atoms with Gasteiger partial charge < -0.3 is 9.64 Å². The number of hydrogen-bond acceptors (Lipinski definition) is 3. The number of esters is 1. The van der Waals surface area contributed by atoms with Crippen LogP contribution in [-0.2, 0) is 9.53 Å². The predicted molar refractivity (Wildman–Crippen MR) is 86.4 cm³/mol. The van der Waals surface area contributed by atoms with Crippen LogP contribution in [0.4, 0.5) is 0 Å². The van der Waals surface area contributed by atoms with Crippen LogP contribution in [0, 0.1) is 17.3 Å². The summed E-state index contributed by atoms with van der Waals surface area (Å²) in [5, 5.41) is 0. The van der Waals surface area contributed by atoms with Crippen molar-refractivity contribution in [3.63, 3.8) is 0 Å². The van der Waals surface area contributed by atoms with Crippen molar-refractivity contribution in [3.8, 4) is 0 Å². The molecular formula is C19H29NO2. The fourth-order valence-corrected chi connectivity index (χ4v) is 5.56. The molecule has 0 spiro atoms. The zero-order chi connectivity index (χ0) is 15.3. The van der Waals surface area contributed by atoms with Gasteiger partial charge in [0, 0.05) is 12.5 Å². The van der Waals surface area contributed by atoms with Gasteiger partial charge in [0.15, 0.2) is 0 Å². The minimum absolute atomic E-state index is 0.0856. The van der Waals surface area contributed by atoms with E-state index in [0.717, 1.165) is 19.4 Å². The zero-order valence-electron chi connectivity index (χ0n) is 14.1. The fraction of sp³-hybridized carbons (Fsp3) is 0.842. The van der Waals surface area contributed by atoms with Crippen LogP contribution in [0.15, 0.2) is 11.1 Å². The Bertz CT molecular complexity index is 506. The lowest BCUT2D eigenvalue weighted by Gasteiger charge is -2.45. The average molecular weight is 303 g/mol. The fourth-order valence-electron chi connectivity index (χ4n) is 5.56. The molecule has 3 fully saturated rings. The molecule has 2 aliphatic carbocycles. The molecule has 22 heavy (non-hydrogen) atoms. The van der Waals surface area contributed by atoms with E-state index in [1.165, 1.54) is 45.2 Å². The molecule has 0 N–H and O–H groups in total. The van der Waals surface area contributed by atoms with Crippen LogP contribution in [0.25, 0.3) is 0 Å². The summed E-state index contributed by atoms with van der Waals surface area (Å²) in [6.07, 6.45) is 8.76. The SMILES string of the molecule is CC1=C2C[C@@H]3[C@H](CN4CCCC4)C(=O)O[C@@H]3C[C@@]2(C)CCC1. The first-order chi connectivity index (χ1) is 10.6. The van der Waals surface area contributed by atoms with E-state index in [1.807, 2.05) is 0 Å². The average Bonchev–Trinajstić information content (AvgIpc) is 3.06. The Morgan fingerprint density at radius 1 is 1.27 bits per heavy atom. The maximum atomic E-state index is 12.5. The summed E-state index contributed by atoms with van der Waals surface area (Å²) in [5.74, 6) is 0.640. The van der Waals surface area contributed by atoms with Gasteiger partial charge in [0.25, 0.3) is 0 Å². The van der Waals surface area contributed by atoms with E-state index in [1.54, 1.807) is 11.1 Å². The summed E-state index contributed by atoms with van der Waals surface area (Å²) in [7, 11) is 0. The van der Waals surface area contributed by atoms with Crippen molar-refractivity contribution >= 4 is 5.97 Å². The highest BCUT2D eigenvalue weighted by atomic mass is 16.6.